The van der Waals surface area contributed by atoms with Crippen LogP contribution in [-0.4, -0.2) is 45.4 Å². The Kier molecular flexibility index (Phi) is 8.83. The number of carbonyl (C=O) groups excluding carboxylic acids is 1. The molecule has 0 aromatic heterocycles. The summed E-state index contributed by atoms with van der Waals surface area (Å²) in [4.78, 5) is 13.3. The monoisotopic (exact) mass is 502 g/mol. The molecule has 1 amide bonds. The zero-order valence-corrected chi connectivity index (χ0v) is 22.5. The van der Waals surface area contributed by atoms with E-state index < -0.39 is 10.0 Å². The highest BCUT2D eigenvalue weighted by Crippen LogP contribution is 2.33. The predicted octanol–water partition coefficient (Wildman–Crippen LogP) is 4.83. The van der Waals surface area contributed by atoms with Gasteiger partial charge in [-0.05, 0) is 74.9 Å². The molecule has 1 fully saturated rings. The number of hydrogen-bond donors (Lipinski definition) is 1. The van der Waals surface area contributed by atoms with Crippen molar-refractivity contribution in [3.8, 4) is 11.5 Å². The van der Waals surface area contributed by atoms with Crippen LogP contribution in [0.15, 0.2) is 35.2 Å². The van der Waals surface area contributed by atoms with E-state index in [2.05, 4.69) is 24.4 Å². The highest BCUT2D eigenvalue weighted by atomic mass is 32.2. The first-order valence-electron chi connectivity index (χ1n) is 12.2. The molecule has 2 aromatic rings. The quantitative estimate of drug-likeness (QED) is 0.531. The summed E-state index contributed by atoms with van der Waals surface area (Å²) in [7, 11) is -0.965. The van der Waals surface area contributed by atoms with Crippen LogP contribution in [0.5, 0.6) is 11.5 Å². The third-order valence-corrected chi connectivity index (χ3v) is 8.86. The van der Waals surface area contributed by atoms with Gasteiger partial charge >= 0.3 is 0 Å². The van der Waals surface area contributed by atoms with E-state index in [9.17, 15) is 13.2 Å². The first kappa shape index (κ1) is 27.0. The van der Waals surface area contributed by atoms with Gasteiger partial charge in [0.05, 0.1) is 31.7 Å². The fourth-order valence-corrected chi connectivity index (χ4v) is 6.50. The normalized spacial score (nSPS) is 15.6. The van der Waals surface area contributed by atoms with Gasteiger partial charge in [-0.2, -0.15) is 4.31 Å². The number of carbonyl (C=O) groups is 1. The highest BCUT2D eigenvalue weighted by molar-refractivity contribution is 7.89. The Morgan fingerprint density at radius 1 is 0.971 bits per heavy atom. The summed E-state index contributed by atoms with van der Waals surface area (Å²) >= 11 is 0. The Morgan fingerprint density at radius 2 is 1.60 bits per heavy atom. The van der Waals surface area contributed by atoms with Gasteiger partial charge in [-0.3, -0.25) is 4.79 Å². The van der Waals surface area contributed by atoms with Gasteiger partial charge in [0, 0.05) is 12.1 Å². The summed E-state index contributed by atoms with van der Waals surface area (Å²) in [6.07, 6.45) is 4.46. The standard InChI is InChI=1S/C27H38N2O5S/c1-18-14-20(3)24(15-19(18)2)21(4)28-27(30)17-29(22-10-8-7-9-11-22)35(31,32)23-12-13-25(33-5)26(16-23)34-6/h12-16,21-22H,7-11,17H2,1-6H3,(H,28,30)/t21-/m0/s1. The molecule has 3 rings (SSSR count). The van der Waals surface area contributed by atoms with Gasteiger partial charge in [0.25, 0.3) is 0 Å². The number of benzene rings is 2. The number of nitrogens with one attached hydrogen (secondary N) is 1. The molecule has 1 aliphatic rings. The number of aryl methyl sites for hydroxylation is 3. The van der Waals surface area contributed by atoms with Crippen LogP contribution in [0.2, 0.25) is 0 Å². The van der Waals surface area contributed by atoms with Crippen molar-refractivity contribution in [3.63, 3.8) is 0 Å². The van der Waals surface area contributed by atoms with E-state index in [4.69, 9.17) is 9.47 Å². The second-order valence-electron chi connectivity index (χ2n) is 9.44. The van der Waals surface area contributed by atoms with E-state index in [1.807, 2.05) is 20.8 Å². The van der Waals surface area contributed by atoms with Crippen molar-refractivity contribution in [1.82, 2.24) is 9.62 Å². The van der Waals surface area contributed by atoms with Crippen molar-refractivity contribution >= 4 is 15.9 Å². The Bertz CT molecular complexity index is 1160. The summed E-state index contributed by atoms with van der Waals surface area (Å²) in [5, 5.41) is 3.03. The molecule has 8 heteroatoms. The minimum Gasteiger partial charge on any atom is -0.493 e. The molecule has 192 valence electrons. The SMILES string of the molecule is COc1ccc(S(=O)(=O)N(CC(=O)N[C@@H](C)c2cc(C)c(C)cc2C)C2CCCCC2)cc1OC. The Balaban J connectivity index is 1.87. The van der Waals surface area contributed by atoms with Gasteiger partial charge < -0.3 is 14.8 Å². The molecular formula is C27H38N2O5S. The molecule has 0 unspecified atom stereocenters. The Hall–Kier alpha value is -2.58. The Labute approximate surface area is 209 Å². The molecule has 0 aliphatic heterocycles. The predicted molar refractivity (Wildman–Crippen MR) is 138 cm³/mol. The molecule has 0 bridgehead atoms. The molecule has 7 nitrogen and oxygen atoms in total. The maximum absolute atomic E-state index is 13.8. The Morgan fingerprint density at radius 3 is 2.23 bits per heavy atom. The van der Waals surface area contributed by atoms with E-state index in [1.165, 1.54) is 36.2 Å². The van der Waals surface area contributed by atoms with Gasteiger partial charge in [0.1, 0.15) is 0 Å². The minimum atomic E-state index is -3.94. The second kappa shape index (κ2) is 11.4. The van der Waals surface area contributed by atoms with Gasteiger partial charge in [-0.15, -0.1) is 0 Å². The number of hydrogen-bond acceptors (Lipinski definition) is 5. The van der Waals surface area contributed by atoms with E-state index in [1.54, 1.807) is 6.07 Å². The lowest BCUT2D eigenvalue weighted by atomic mass is 9.95. The third kappa shape index (κ3) is 6.16. The molecule has 0 heterocycles. The van der Waals surface area contributed by atoms with E-state index in [-0.39, 0.29) is 29.4 Å². The average molecular weight is 503 g/mol. The first-order valence-corrected chi connectivity index (χ1v) is 13.6. The van der Waals surface area contributed by atoms with E-state index in [0.717, 1.165) is 48.8 Å². The highest BCUT2D eigenvalue weighted by Gasteiger charge is 2.35. The molecule has 0 saturated heterocycles. The molecule has 1 N–H and O–H groups in total. The lowest BCUT2D eigenvalue weighted by Crippen LogP contribution is -2.47. The van der Waals surface area contributed by atoms with Gasteiger partial charge in [0.15, 0.2) is 11.5 Å². The van der Waals surface area contributed by atoms with E-state index in [0.29, 0.717) is 11.5 Å². The minimum absolute atomic E-state index is 0.0894. The second-order valence-corrected chi connectivity index (χ2v) is 11.3. The number of sulfonamides is 1. The van der Waals surface area contributed by atoms with Crippen LogP contribution in [0.4, 0.5) is 0 Å². The molecule has 35 heavy (non-hydrogen) atoms. The summed E-state index contributed by atoms with van der Waals surface area (Å²) in [5.74, 6) is 0.469. The largest absolute Gasteiger partial charge is 0.493 e. The van der Waals surface area contributed by atoms with Crippen LogP contribution in [0.3, 0.4) is 0 Å². The molecule has 1 atom stereocenters. The maximum Gasteiger partial charge on any atom is 0.243 e. The lowest BCUT2D eigenvalue weighted by Gasteiger charge is -2.33. The average Bonchev–Trinajstić information content (AvgIpc) is 2.84. The fraction of sp³-hybridized carbons (Fsp3) is 0.519. The van der Waals surface area contributed by atoms with Gasteiger partial charge in [-0.1, -0.05) is 31.4 Å². The van der Waals surface area contributed by atoms with Crippen LogP contribution in [0.1, 0.15) is 67.3 Å². The number of rotatable bonds is 9. The zero-order valence-electron chi connectivity index (χ0n) is 21.7. The smallest absolute Gasteiger partial charge is 0.243 e. The van der Waals surface area contributed by atoms with Crippen LogP contribution in [0.25, 0.3) is 0 Å². The van der Waals surface area contributed by atoms with Crippen LogP contribution in [-0.2, 0) is 14.8 Å². The molecule has 1 saturated carbocycles. The third-order valence-electron chi connectivity index (χ3n) is 6.97. The van der Waals surface area contributed by atoms with Crippen LogP contribution < -0.4 is 14.8 Å². The van der Waals surface area contributed by atoms with Gasteiger partial charge in [0.2, 0.25) is 15.9 Å². The number of ether oxygens (including phenoxy) is 2. The van der Waals surface area contributed by atoms with Crippen molar-refractivity contribution in [3.05, 3.63) is 52.6 Å². The van der Waals surface area contributed by atoms with Crippen molar-refractivity contribution in [2.45, 2.75) is 76.8 Å². The number of methoxy groups -OCH3 is 2. The molecule has 0 spiro atoms. The maximum atomic E-state index is 13.8. The van der Waals surface area contributed by atoms with Crippen molar-refractivity contribution in [1.29, 1.82) is 0 Å². The summed E-state index contributed by atoms with van der Waals surface area (Å²) in [6, 6.07) is 8.30. The number of amides is 1. The molecular weight excluding hydrogens is 464 g/mol. The van der Waals surface area contributed by atoms with Crippen molar-refractivity contribution in [2.24, 2.45) is 0 Å². The zero-order chi connectivity index (χ0) is 25.8. The van der Waals surface area contributed by atoms with Gasteiger partial charge in [-0.25, -0.2) is 8.42 Å². The molecule has 2 aromatic carbocycles. The molecule has 0 radical (unpaired) electrons. The van der Waals surface area contributed by atoms with Crippen molar-refractivity contribution in [2.75, 3.05) is 20.8 Å². The topological polar surface area (TPSA) is 84.9 Å². The summed E-state index contributed by atoms with van der Waals surface area (Å²) in [5.41, 5.74) is 4.50. The van der Waals surface area contributed by atoms with Crippen LogP contribution in [0, 0.1) is 20.8 Å². The van der Waals surface area contributed by atoms with Crippen LogP contribution >= 0.6 is 0 Å². The van der Waals surface area contributed by atoms with Crippen molar-refractivity contribution < 1.29 is 22.7 Å². The number of nitrogens with zero attached hydrogens (tertiary/aromatic N) is 1. The first-order chi connectivity index (χ1) is 16.6. The lowest BCUT2D eigenvalue weighted by molar-refractivity contribution is -0.122. The summed E-state index contributed by atoms with van der Waals surface area (Å²) < 4.78 is 39.5. The van der Waals surface area contributed by atoms with E-state index >= 15 is 0 Å². The summed E-state index contributed by atoms with van der Waals surface area (Å²) in [6.45, 7) is 7.85. The molecule has 1 aliphatic carbocycles. The fourth-order valence-electron chi connectivity index (χ4n) is 4.85.